The normalized spacial score (nSPS) is 13.4. The van der Waals surface area contributed by atoms with Crippen LogP contribution in [0.4, 0.5) is 13.2 Å². The van der Waals surface area contributed by atoms with Crippen LogP contribution < -0.4 is 5.32 Å². The molecule has 0 bridgehead atoms. The minimum absolute atomic E-state index is 0.191. The van der Waals surface area contributed by atoms with Gasteiger partial charge in [-0.3, -0.25) is 4.68 Å². The Kier molecular flexibility index (Phi) is 4.13. The van der Waals surface area contributed by atoms with E-state index in [1.165, 1.54) is 12.1 Å². The van der Waals surface area contributed by atoms with E-state index in [9.17, 15) is 13.2 Å². The van der Waals surface area contributed by atoms with E-state index >= 15 is 0 Å². The number of nitrogens with zero attached hydrogens (tertiary/aromatic N) is 2. The predicted molar refractivity (Wildman–Crippen MR) is 70.2 cm³/mol. The van der Waals surface area contributed by atoms with Crippen LogP contribution in [0.25, 0.3) is 0 Å². The zero-order valence-corrected chi connectivity index (χ0v) is 11.3. The average Bonchev–Trinajstić information content (AvgIpc) is 2.86. The molecule has 0 spiro atoms. The summed E-state index contributed by atoms with van der Waals surface area (Å²) in [5.74, 6) is 0. The smallest absolute Gasteiger partial charge is 0.313 e. The number of nitrogens with one attached hydrogen (secondary N) is 1. The highest BCUT2D eigenvalue weighted by molar-refractivity contribution is 5.25. The van der Waals surface area contributed by atoms with E-state index in [1.807, 2.05) is 20.2 Å². The summed E-state index contributed by atoms with van der Waals surface area (Å²) in [5.41, 5.74) is 1.19. The predicted octanol–water partition coefficient (Wildman–Crippen LogP) is 3.23. The van der Waals surface area contributed by atoms with Gasteiger partial charge in [-0.15, -0.1) is 0 Å². The molecule has 0 aliphatic carbocycles. The van der Waals surface area contributed by atoms with E-state index < -0.39 is 11.7 Å². The molecule has 1 aromatic carbocycles. The summed E-state index contributed by atoms with van der Waals surface area (Å²) in [7, 11) is 1.86. The van der Waals surface area contributed by atoms with Crippen molar-refractivity contribution >= 4 is 0 Å². The van der Waals surface area contributed by atoms with Crippen LogP contribution in [-0.2, 0) is 12.7 Å². The largest absolute Gasteiger partial charge is 0.416 e. The summed E-state index contributed by atoms with van der Waals surface area (Å²) in [6, 6.07) is 5.33. The van der Waals surface area contributed by atoms with Gasteiger partial charge in [0.1, 0.15) is 0 Å². The zero-order chi connectivity index (χ0) is 14.8. The summed E-state index contributed by atoms with van der Waals surface area (Å²) in [6.45, 7) is 2.47. The fraction of sp³-hybridized carbons (Fsp3) is 0.357. The van der Waals surface area contributed by atoms with E-state index in [4.69, 9.17) is 0 Å². The van der Waals surface area contributed by atoms with Gasteiger partial charge in [-0.25, -0.2) is 0 Å². The molecule has 20 heavy (non-hydrogen) atoms. The fourth-order valence-corrected chi connectivity index (χ4v) is 1.84. The van der Waals surface area contributed by atoms with Crippen molar-refractivity contribution < 1.29 is 13.2 Å². The molecule has 1 N–H and O–H groups in total. The lowest BCUT2D eigenvalue weighted by Gasteiger charge is -2.08. The number of halogens is 3. The van der Waals surface area contributed by atoms with Gasteiger partial charge in [0.15, 0.2) is 0 Å². The Bertz CT molecular complexity index is 558. The van der Waals surface area contributed by atoms with Crippen LogP contribution in [0.5, 0.6) is 0 Å². The van der Waals surface area contributed by atoms with Gasteiger partial charge in [0.05, 0.1) is 18.3 Å². The summed E-state index contributed by atoms with van der Waals surface area (Å²) >= 11 is 0. The van der Waals surface area contributed by atoms with Crippen molar-refractivity contribution in [1.82, 2.24) is 15.1 Å². The van der Waals surface area contributed by atoms with Crippen molar-refractivity contribution in [3.05, 3.63) is 53.3 Å². The number of hydrogen-bond donors (Lipinski definition) is 1. The van der Waals surface area contributed by atoms with Gasteiger partial charge in [-0.1, -0.05) is 12.1 Å². The SMILES string of the molecule is CNC(C)c1cnn(Cc2ccc(C(F)(F)F)cc2)c1. The van der Waals surface area contributed by atoms with Crippen LogP contribution in [0, 0.1) is 0 Å². The van der Waals surface area contributed by atoms with Gasteiger partial charge >= 0.3 is 6.18 Å². The average molecular weight is 283 g/mol. The molecule has 0 aliphatic rings. The third kappa shape index (κ3) is 3.39. The Hall–Kier alpha value is -1.82. The minimum Gasteiger partial charge on any atom is -0.313 e. The topological polar surface area (TPSA) is 29.9 Å². The molecule has 6 heteroatoms. The van der Waals surface area contributed by atoms with Gasteiger partial charge in [0.2, 0.25) is 0 Å². The lowest BCUT2D eigenvalue weighted by molar-refractivity contribution is -0.137. The van der Waals surface area contributed by atoms with Gasteiger partial charge < -0.3 is 5.32 Å². The molecular formula is C14H16F3N3. The number of benzene rings is 1. The third-order valence-corrected chi connectivity index (χ3v) is 3.21. The molecule has 0 amide bonds. The first-order valence-corrected chi connectivity index (χ1v) is 6.26. The fourth-order valence-electron chi connectivity index (χ4n) is 1.84. The monoisotopic (exact) mass is 283 g/mol. The van der Waals surface area contributed by atoms with Crippen LogP contribution in [0.3, 0.4) is 0 Å². The molecule has 1 heterocycles. The first kappa shape index (κ1) is 14.6. The number of aromatic nitrogens is 2. The van der Waals surface area contributed by atoms with Crippen LogP contribution >= 0.6 is 0 Å². The minimum atomic E-state index is -4.29. The second-order valence-corrected chi connectivity index (χ2v) is 4.68. The van der Waals surface area contributed by atoms with Crippen molar-refractivity contribution in [2.75, 3.05) is 7.05 Å². The molecule has 0 saturated heterocycles. The Morgan fingerprint density at radius 1 is 1.25 bits per heavy atom. The summed E-state index contributed by atoms with van der Waals surface area (Å²) in [6.07, 6.45) is -0.649. The van der Waals surface area contributed by atoms with Crippen molar-refractivity contribution in [3.63, 3.8) is 0 Å². The second-order valence-electron chi connectivity index (χ2n) is 4.68. The summed E-state index contributed by atoms with van der Waals surface area (Å²) < 4.78 is 39.1. The molecule has 3 nitrogen and oxygen atoms in total. The summed E-state index contributed by atoms with van der Waals surface area (Å²) in [5, 5.41) is 7.31. The second kappa shape index (κ2) is 5.66. The van der Waals surface area contributed by atoms with Crippen molar-refractivity contribution in [3.8, 4) is 0 Å². The van der Waals surface area contributed by atoms with Crippen LogP contribution in [-0.4, -0.2) is 16.8 Å². The molecule has 0 fully saturated rings. The zero-order valence-electron chi connectivity index (χ0n) is 11.3. The van der Waals surface area contributed by atoms with Gasteiger partial charge in [-0.2, -0.15) is 18.3 Å². The highest BCUT2D eigenvalue weighted by Gasteiger charge is 2.29. The molecule has 0 radical (unpaired) electrons. The standard InChI is InChI=1S/C14H16F3N3/c1-10(18-2)12-7-19-20(9-12)8-11-3-5-13(6-4-11)14(15,16)17/h3-7,9-10,18H,8H2,1-2H3. The Morgan fingerprint density at radius 2 is 1.90 bits per heavy atom. The van der Waals surface area contributed by atoms with Crippen LogP contribution in [0.2, 0.25) is 0 Å². The molecule has 1 aromatic heterocycles. The third-order valence-electron chi connectivity index (χ3n) is 3.21. The van der Waals surface area contributed by atoms with E-state index in [0.29, 0.717) is 6.54 Å². The molecule has 0 saturated carbocycles. The number of alkyl halides is 3. The first-order valence-electron chi connectivity index (χ1n) is 6.26. The van der Waals surface area contributed by atoms with Crippen molar-refractivity contribution in [2.45, 2.75) is 25.7 Å². The Morgan fingerprint density at radius 3 is 2.45 bits per heavy atom. The first-order chi connectivity index (χ1) is 9.40. The van der Waals surface area contributed by atoms with E-state index in [2.05, 4.69) is 10.4 Å². The highest BCUT2D eigenvalue weighted by Crippen LogP contribution is 2.29. The maximum absolute atomic E-state index is 12.5. The lowest BCUT2D eigenvalue weighted by atomic mass is 10.1. The van der Waals surface area contributed by atoms with Gasteiger partial charge in [0.25, 0.3) is 0 Å². The van der Waals surface area contributed by atoms with E-state index in [1.54, 1.807) is 10.9 Å². The van der Waals surface area contributed by atoms with Crippen molar-refractivity contribution in [2.24, 2.45) is 0 Å². The van der Waals surface area contributed by atoms with E-state index in [-0.39, 0.29) is 6.04 Å². The number of rotatable bonds is 4. The van der Waals surface area contributed by atoms with E-state index in [0.717, 1.165) is 23.3 Å². The Balaban J connectivity index is 2.08. The highest BCUT2D eigenvalue weighted by atomic mass is 19.4. The summed E-state index contributed by atoms with van der Waals surface area (Å²) in [4.78, 5) is 0. The van der Waals surface area contributed by atoms with Crippen molar-refractivity contribution in [1.29, 1.82) is 0 Å². The molecule has 0 aliphatic heterocycles. The lowest BCUT2D eigenvalue weighted by Crippen LogP contribution is -2.11. The molecule has 108 valence electrons. The maximum atomic E-state index is 12.5. The quantitative estimate of drug-likeness (QED) is 0.933. The molecule has 1 atom stereocenters. The molecule has 1 unspecified atom stereocenters. The maximum Gasteiger partial charge on any atom is 0.416 e. The van der Waals surface area contributed by atoms with Gasteiger partial charge in [-0.05, 0) is 31.7 Å². The molecule has 2 rings (SSSR count). The molecular weight excluding hydrogens is 267 g/mol. The molecule has 2 aromatic rings. The van der Waals surface area contributed by atoms with Gasteiger partial charge in [0, 0.05) is 17.8 Å². The van der Waals surface area contributed by atoms with Crippen LogP contribution in [0.1, 0.15) is 29.7 Å². The number of hydrogen-bond acceptors (Lipinski definition) is 2. The Labute approximate surface area is 115 Å². The van der Waals surface area contributed by atoms with Crippen LogP contribution in [0.15, 0.2) is 36.7 Å².